The highest BCUT2D eigenvalue weighted by molar-refractivity contribution is 9.10. The van der Waals surface area contributed by atoms with Gasteiger partial charge in [0.05, 0.1) is 5.02 Å². The maximum absolute atomic E-state index is 11.9. The predicted molar refractivity (Wildman–Crippen MR) is 55.8 cm³/mol. The predicted octanol–water partition coefficient (Wildman–Crippen LogP) is 3.91. The molecule has 0 amide bonds. The van der Waals surface area contributed by atoms with Crippen molar-refractivity contribution in [2.75, 3.05) is 0 Å². The van der Waals surface area contributed by atoms with Crippen molar-refractivity contribution in [2.24, 2.45) is 0 Å². The summed E-state index contributed by atoms with van der Waals surface area (Å²) in [6.45, 7) is -1.63. The summed E-state index contributed by atoms with van der Waals surface area (Å²) in [7, 11) is 0. The van der Waals surface area contributed by atoms with E-state index in [1.807, 2.05) is 0 Å². The molecular formula is C9H6BrClF2O2. The van der Waals surface area contributed by atoms with Crippen molar-refractivity contribution in [3.8, 4) is 5.75 Å². The smallest absolute Gasteiger partial charge is 0.387 e. The summed E-state index contributed by atoms with van der Waals surface area (Å²) in [5, 5.41) is 0.151. The van der Waals surface area contributed by atoms with Crippen LogP contribution < -0.4 is 4.74 Å². The molecule has 1 aromatic carbocycles. The molecule has 1 rings (SSSR count). The molecule has 0 aromatic heterocycles. The number of ketones is 1. The number of halogens is 4. The summed E-state index contributed by atoms with van der Waals surface area (Å²) in [6.07, 6.45) is 0. The first-order chi connectivity index (χ1) is 6.91. The highest BCUT2D eigenvalue weighted by Gasteiger charge is 2.13. The number of alkyl halides is 2. The molecule has 6 heteroatoms. The van der Waals surface area contributed by atoms with Gasteiger partial charge in [-0.3, -0.25) is 4.79 Å². The SMILES string of the molecule is CC(=O)c1cc(OC(F)F)cc(Cl)c1Br. The number of hydrogen-bond donors (Lipinski definition) is 0. The highest BCUT2D eigenvalue weighted by atomic mass is 79.9. The molecule has 0 aliphatic rings. The largest absolute Gasteiger partial charge is 0.435 e. The van der Waals surface area contributed by atoms with Crippen LogP contribution in [0.3, 0.4) is 0 Å². The zero-order valence-corrected chi connectivity index (χ0v) is 9.90. The fraction of sp³-hybridized carbons (Fsp3) is 0.222. The molecule has 2 nitrogen and oxygen atoms in total. The molecule has 0 spiro atoms. The van der Waals surface area contributed by atoms with Gasteiger partial charge in [0.1, 0.15) is 5.75 Å². The van der Waals surface area contributed by atoms with Crippen LogP contribution in [0.4, 0.5) is 8.78 Å². The van der Waals surface area contributed by atoms with Gasteiger partial charge in [-0.25, -0.2) is 0 Å². The number of Topliss-reactive ketones (excluding diaryl/α,β-unsaturated/α-hetero) is 1. The van der Waals surface area contributed by atoms with Gasteiger partial charge < -0.3 is 4.74 Å². The first-order valence-electron chi connectivity index (χ1n) is 3.86. The molecule has 0 aliphatic heterocycles. The Kier molecular flexibility index (Phi) is 4.04. The Bertz CT molecular complexity index is 396. The number of hydrogen-bond acceptors (Lipinski definition) is 2. The molecule has 0 heterocycles. The van der Waals surface area contributed by atoms with Gasteiger partial charge in [0, 0.05) is 16.1 Å². The van der Waals surface area contributed by atoms with E-state index in [1.165, 1.54) is 19.1 Å². The van der Waals surface area contributed by atoms with Crippen molar-refractivity contribution in [2.45, 2.75) is 13.5 Å². The Hall–Kier alpha value is -0.680. The Morgan fingerprint density at radius 3 is 2.60 bits per heavy atom. The van der Waals surface area contributed by atoms with E-state index in [9.17, 15) is 13.6 Å². The van der Waals surface area contributed by atoms with E-state index in [2.05, 4.69) is 20.7 Å². The zero-order chi connectivity index (χ0) is 11.6. The summed E-state index contributed by atoms with van der Waals surface area (Å²) in [4.78, 5) is 11.1. The van der Waals surface area contributed by atoms with Crippen LogP contribution in [0.2, 0.25) is 5.02 Å². The molecule has 0 radical (unpaired) electrons. The second kappa shape index (κ2) is 4.90. The summed E-state index contributed by atoms with van der Waals surface area (Å²) in [5.41, 5.74) is 0.207. The second-order valence-electron chi connectivity index (χ2n) is 2.70. The lowest BCUT2D eigenvalue weighted by Crippen LogP contribution is -2.03. The molecule has 0 N–H and O–H groups in total. The van der Waals surface area contributed by atoms with Crippen LogP contribution >= 0.6 is 27.5 Å². The van der Waals surface area contributed by atoms with Crippen molar-refractivity contribution >= 4 is 33.3 Å². The average molecular weight is 299 g/mol. The molecule has 15 heavy (non-hydrogen) atoms. The number of rotatable bonds is 3. The van der Waals surface area contributed by atoms with Crippen molar-refractivity contribution in [3.63, 3.8) is 0 Å². The zero-order valence-electron chi connectivity index (χ0n) is 7.56. The fourth-order valence-corrected chi connectivity index (χ4v) is 1.71. The molecule has 0 aliphatic carbocycles. The third kappa shape index (κ3) is 3.14. The first-order valence-corrected chi connectivity index (χ1v) is 5.03. The third-order valence-electron chi connectivity index (χ3n) is 1.61. The van der Waals surface area contributed by atoms with Crippen LogP contribution in [0.5, 0.6) is 5.75 Å². The summed E-state index contributed by atoms with van der Waals surface area (Å²) in [6, 6.07) is 2.43. The summed E-state index contributed by atoms with van der Waals surface area (Å²) < 4.78 is 28.4. The number of benzene rings is 1. The number of ether oxygens (including phenoxy) is 1. The normalized spacial score (nSPS) is 10.5. The van der Waals surface area contributed by atoms with Gasteiger partial charge in [0.25, 0.3) is 0 Å². The van der Waals surface area contributed by atoms with Crippen molar-refractivity contribution in [3.05, 3.63) is 27.2 Å². The minimum absolute atomic E-state index is 0.136. The highest BCUT2D eigenvalue weighted by Crippen LogP contribution is 2.32. The van der Waals surface area contributed by atoms with Crippen molar-refractivity contribution in [1.82, 2.24) is 0 Å². The van der Waals surface area contributed by atoms with E-state index in [0.29, 0.717) is 4.47 Å². The maximum Gasteiger partial charge on any atom is 0.387 e. The Morgan fingerprint density at radius 2 is 2.13 bits per heavy atom. The molecule has 0 saturated heterocycles. The van der Waals surface area contributed by atoms with Gasteiger partial charge in [0.2, 0.25) is 0 Å². The summed E-state index contributed by atoms with van der Waals surface area (Å²) >= 11 is 8.81. The molecule has 0 atom stereocenters. The van der Waals surface area contributed by atoms with Crippen molar-refractivity contribution in [1.29, 1.82) is 0 Å². The number of carbonyl (C=O) groups is 1. The van der Waals surface area contributed by atoms with E-state index < -0.39 is 6.61 Å². The molecule has 0 fully saturated rings. The van der Waals surface area contributed by atoms with Crippen molar-refractivity contribution < 1.29 is 18.3 Å². The van der Waals surface area contributed by atoms with Crippen LogP contribution in [0.15, 0.2) is 16.6 Å². The minimum Gasteiger partial charge on any atom is -0.435 e. The Morgan fingerprint density at radius 1 is 1.53 bits per heavy atom. The first kappa shape index (κ1) is 12.4. The monoisotopic (exact) mass is 298 g/mol. The minimum atomic E-state index is -2.94. The van der Waals surface area contributed by atoms with Gasteiger partial charge in [-0.15, -0.1) is 0 Å². The topological polar surface area (TPSA) is 26.3 Å². The van der Waals surface area contributed by atoms with E-state index in [4.69, 9.17) is 11.6 Å². The lowest BCUT2D eigenvalue weighted by Gasteiger charge is -2.08. The van der Waals surface area contributed by atoms with E-state index >= 15 is 0 Å². The van der Waals surface area contributed by atoms with Gasteiger partial charge in [-0.05, 0) is 28.9 Å². The lowest BCUT2D eigenvalue weighted by atomic mass is 10.1. The molecule has 1 aromatic rings. The van der Waals surface area contributed by atoms with Crippen LogP contribution in [0, 0.1) is 0 Å². The van der Waals surface area contributed by atoms with Crippen LogP contribution in [0.25, 0.3) is 0 Å². The van der Waals surface area contributed by atoms with Crippen LogP contribution in [-0.2, 0) is 0 Å². The van der Waals surface area contributed by atoms with Crippen LogP contribution in [-0.4, -0.2) is 12.4 Å². The fourth-order valence-electron chi connectivity index (χ4n) is 0.991. The molecular weight excluding hydrogens is 293 g/mol. The van der Waals surface area contributed by atoms with Gasteiger partial charge >= 0.3 is 6.61 Å². The van der Waals surface area contributed by atoms with E-state index in [1.54, 1.807) is 0 Å². The van der Waals surface area contributed by atoms with Gasteiger partial charge in [0.15, 0.2) is 5.78 Å². The molecule has 82 valence electrons. The Balaban J connectivity index is 3.17. The maximum atomic E-state index is 11.9. The third-order valence-corrected chi connectivity index (χ3v) is 2.99. The molecule has 0 saturated carbocycles. The summed E-state index contributed by atoms with van der Waals surface area (Å²) in [5.74, 6) is -0.424. The van der Waals surface area contributed by atoms with Crippen LogP contribution in [0.1, 0.15) is 17.3 Å². The second-order valence-corrected chi connectivity index (χ2v) is 3.90. The number of carbonyl (C=O) groups excluding carboxylic acids is 1. The van der Waals surface area contributed by atoms with Gasteiger partial charge in [-0.2, -0.15) is 8.78 Å². The molecule has 0 bridgehead atoms. The Labute approximate surface area is 98.3 Å². The average Bonchev–Trinajstić information content (AvgIpc) is 2.09. The van der Waals surface area contributed by atoms with Gasteiger partial charge in [-0.1, -0.05) is 11.6 Å². The van der Waals surface area contributed by atoms with E-state index in [-0.39, 0.29) is 22.1 Å². The standard InChI is InChI=1S/C9H6BrClF2O2/c1-4(14)6-2-5(15-9(12)13)3-7(11)8(6)10/h2-3,9H,1H3. The van der Waals surface area contributed by atoms with E-state index in [0.717, 1.165) is 0 Å². The quantitative estimate of drug-likeness (QED) is 0.791. The molecule has 0 unspecified atom stereocenters. The lowest BCUT2D eigenvalue weighted by molar-refractivity contribution is -0.0498.